The fourth-order valence-electron chi connectivity index (χ4n) is 1.80. The van der Waals surface area contributed by atoms with Gasteiger partial charge in [-0.2, -0.15) is 0 Å². The molecule has 0 bridgehead atoms. The third-order valence-corrected chi connectivity index (χ3v) is 4.81. The molecule has 0 spiro atoms. The van der Waals surface area contributed by atoms with Crippen LogP contribution in [0.5, 0.6) is 5.75 Å². The number of nitro groups is 1. The van der Waals surface area contributed by atoms with Gasteiger partial charge in [0.2, 0.25) is 5.75 Å². The summed E-state index contributed by atoms with van der Waals surface area (Å²) in [6.45, 7) is 4.14. The minimum absolute atomic E-state index is 0.0187. The van der Waals surface area contributed by atoms with Gasteiger partial charge in [0.05, 0.1) is 0 Å². The van der Waals surface area contributed by atoms with Crippen LogP contribution in [-0.2, 0) is 0 Å². The maximum Gasteiger partial charge on any atom is 0.406 e. The average molecular weight is 301 g/mol. The van der Waals surface area contributed by atoms with Crippen molar-refractivity contribution in [3.05, 3.63) is 28.4 Å². The lowest BCUT2D eigenvalue weighted by molar-refractivity contribution is -0.391. The highest BCUT2D eigenvalue weighted by atomic mass is 79.9. The highest BCUT2D eigenvalue weighted by Crippen LogP contribution is 2.48. The monoisotopic (exact) mass is 300 g/mol. The first-order valence-corrected chi connectivity index (χ1v) is 6.24. The van der Waals surface area contributed by atoms with Gasteiger partial charge in [-0.15, -0.1) is 0 Å². The normalized spacial score (nSPS) is 26.1. The van der Waals surface area contributed by atoms with Crippen LogP contribution in [0.2, 0.25) is 0 Å². The molecule has 1 aromatic rings. The second-order valence-electron chi connectivity index (χ2n) is 4.71. The Kier molecular flexibility index (Phi) is 3.07. The fourth-order valence-corrected chi connectivity index (χ4v) is 2.44. The van der Waals surface area contributed by atoms with Gasteiger partial charge in [-0.25, -0.2) is 0 Å². The van der Waals surface area contributed by atoms with Crippen molar-refractivity contribution in [2.45, 2.75) is 31.2 Å². The molecule has 1 aromatic heterocycles. The van der Waals surface area contributed by atoms with Crippen molar-refractivity contribution in [3.8, 4) is 5.75 Å². The lowest BCUT2D eigenvalue weighted by Gasteiger charge is -2.48. The molecule has 1 fully saturated rings. The minimum Gasteiger partial charge on any atom is -0.482 e. The van der Waals surface area contributed by atoms with E-state index in [1.165, 1.54) is 6.20 Å². The predicted molar refractivity (Wildman–Crippen MR) is 66.4 cm³/mol. The van der Waals surface area contributed by atoms with E-state index in [4.69, 9.17) is 4.74 Å². The van der Waals surface area contributed by atoms with E-state index in [1.54, 1.807) is 12.1 Å². The second-order valence-corrected chi connectivity index (χ2v) is 5.82. The molecule has 0 amide bonds. The van der Waals surface area contributed by atoms with Crippen LogP contribution in [0.3, 0.4) is 0 Å². The van der Waals surface area contributed by atoms with Crippen LogP contribution in [0.1, 0.15) is 20.3 Å². The van der Waals surface area contributed by atoms with Gasteiger partial charge in [-0.1, -0.05) is 29.8 Å². The summed E-state index contributed by atoms with van der Waals surface area (Å²) in [5.41, 5.74) is -0.0241. The molecule has 0 radical (unpaired) electrons. The van der Waals surface area contributed by atoms with Crippen molar-refractivity contribution in [2.75, 3.05) is 0 Å². The quantitative estimate of drug-likeness (QED) is 0.489. The van der Waals surface area contributed by atoms with Crippen LogP contribution in [0.15, 0.2) is 18.3 Å². The first-order valence-electron chi connectivity index (χ1n) is 5.33. The van der Waals surface area contributed by atoms with E-state index in [1.807, 2.05) is 0 Å². The van der Waals surface area contributed by atoms with Crippen LogP contribution >= 0.6 is 15.9 Å². The lowest BCUT2D eigenvalue weighted by Crippen LogP contribution is -2.53. The van der Waals surface area contributed by atoms with Crippen molar-refractivity contribution in [1.82, 2.24) is 4.98 Å². The number of nitrogens with zero attached hydrogens (tertiary/aromatic N) is 2. The smallest absolute Gasteiger partial charge is 0.406 e. The molecule has 0 aliphatic heterocycles. The highest BCUT2D eigenvalue weighted by molar-refractivity contribution is 9.09. The Bertz CT molecular complexity index is 450. The first-order chi connectivity index (χ1) is 7.93. The van der Waals surface area contributed by atoms with Gasteiger partial charge < -0.3 is 14.9 Å². The standard InChI is InChI=1S/C11H13BrN2O3/c1-11(2)8(12)6-9(11)17-7-4-3-5-13-10(7)14(15)16/h3-5,8-9H,6H2,1-2H3. The molecular formula is C11H13BrN2O3. The predicted octanol–water partition coefficient (Wildman–Crippen LogP) is 2.93. The number of pyridine rings is 1. The molecule has 0 saturated heterocycles. The summed E-state index contributed by atoms with van der Waals surface area (Å²) in [7, 11) is 0. The molecule has 92 valence electrons. The van der Waals surface area contributed by atoms with E-state index in [0.29, 0.717) is 4.83 Å². The van der Waals surface area contributed by atoms with E-state index in [2.05, 4.69) is 34.8 Å². The van der Waals surface area contributed by atoms with Crippen molar-refractivity contribution < 1.29 is 9.66 Å². The van der Waals surface area contributed by atoms with Crippen LogP contribution < -0.4 is 4.74 Å². The summed E-state index contributed by atoms with van der Waals surface area (Å²) < 4.78 is 5.69. The largest absolute Gasteiger partial charge is 0.482 e. The summed E-state index contributed by atoms with van der Waals surface area (Å²) in [6, 6.07) is 3.22. The Morgan fingerprint density at radius 1 is 1.65 bits per heavy atom. The van der Waals surface area contributed by atoms with E-state index < -0.39 is 4.92 Å². The molecule has 2 rings (SSSR count). The zero-order valence-corrected chi connectivity index (χ0v) is 11.2. The van der Waals surface area contributed by atoms with Crippen LogP contribution in [-0.4, -0.2) is 20.8 Å². The second kappa shape index (κ2) is 4.25. The molecule has 1 aliphatic carbocycles. The molecule has 0 N–H and O–H groups in total. The summed E-state index contributed by atoms with van der Waals surface area (Å²) in [5.74, 6) is 0.0243. The number of hydrogen-bond acceptors (Lipinski definition) is 4. The number of alkyl halides is 1. The van der Waals surface area contributed by atoms with Gasteiger partial charge in [-0.05, 0) is 28.5 Å². The third-order valence-electron chi connectivity index (χ3n) is 3.25. The molecular weight excluding hydrogens is 288 g/mol. The molecule has 17 heavy (non-hydrogen) atoms. The Morgan fingerprint density at radius 2 is 2.35 bits per heavy atom. The number of ether oxygens (including phenoxy) is 1. The summed E-state index contributed by atoms with van der Waals surface area (Å²) >= 11 is 3.55. The maximum atomic E-state index is 10.8. The van der Waals surface area contributed by atoms with Gasteiger partial charge >= 0.3 is 5.82 Å². The van der Waals surface area contributed by atoms with Crippen molar-refractivity contribution in [3.63, 3.8) is 0 Å². The maximum absolute atomic E-state index is 10.8. The van der Waals surface area contributed by atoms with Crippen LogP contribution in [0.25, 0.3) is 0 Å². The minimum atomic E-state index is -0.521. The van der Waals surface area contributed by atoms with Gasteiger partial charge in [0.1, 0.15) is 12.3 Å². The lowest BCUT2D eigenvalue weighted by atomic mass is 9.69. The molecule has 0 aromatic carbocycles. The van der Waals surface area contributed by atoms with Gasteiger partial charge in [-0.3, -0.25) is 0 Å². The SMILES string of the molecule is CC1(C)C(Br)CC1Oc1cccnc1[N+](=O)[O-]. The van der Waals surface area contributed by atoms with E-state index >= 15 is 0 Å². The third kappa shape index (κ3) is 2.13. The number of rotatable bonds is 3. The Hall–Kier alpha value is -1.17. The Balaban J connectivity index is 2.18. The first kappa shape index (κ1) is 12.3. The molecule has 6 heteroatoms. The zero-order valence-electron chi connectivity index (χ0n) is 9.59. The summed E-state index contributed by atoms with van der Waals surface area (Å²) in [5, 5.41) is 10.8. The molecule has 2 atom stereocenters. The van der Waals surface area contributed by atoms with Crippen LogP contribution in [0, 0.1) is 15.5 Å². The number of aromatic nitrogens is 1. The average Bonchev–Trinajstić information content (AvgIpc) is 2.29. The van der Waals surface area contributed by atoms with Crippen LogP contribution in [0.4, 0.5) is 5.82 Å². The van der Waals surface area contributed by atoms with Crippen molar-refractivity contribution in [2.24, 2.45) is 5.41 Å². The Labute approximate surface area is 107 Å². The van der Waals surface area contributed by atoms with Gasteiger partial charge in [0.15, 0.2) is 0 Å². The van der Waals surface area contributed by atoms with Crippen molar-refractivity contribution >= 4 is 21.7 Å². The number of hydrogen-bond donors (Lipinski definition) is 0. The topological polar surface area (TPSA) is 65.3 Å². The molecule has 2 unspecified atom stereocenters. The molecule has 1 heterocycles. The fraction of sp³-hybridized carbons (Fsp3) is 0.545. The highest BCUT2D eigenvalue weighted by Gasteiger charge is 2.49. The van der Waals surface area contributed by atoms with E-state index in [-0.39, 0.29) is 23.1 Å². The number of halogens is 1. The van der Waals surface area contributed by atoms with Gasteiger partial charge in [0, 0.05) is 10.2 Å². The van der Waals surface area contributed by atoms with Crippen molar-refractivity contribution in [1.29, 1.82) is 0 Å². The summed E-state index contributed by atoms with van der Waals surface area (Å²) in [6.07, 6.45) is 2.22. The molecule has 1 aliphatic rings. The van der Waals surface area contributed by atoms with E-state index in [0.717, 1.165) is 6.42 Å². The molecule has 5 nitrogen and oxygen atoms in total. The molecule has 1 saturated carbocycles. The zero-order chi connectivity index (χ0) is 12.6. The Morgan fingerprint density at radius 3 is 2.88 bits per heavy atom. The summed E-state index contributed by atoms with van der Waals surface area (Å²) in [4.78, 5) is 14.4. The van der Waals surface area contributed by atoms with Gasteiger partial charge in [0.25, 0.3) is 0 Å². The van der Waals surface area contributed by atoms with E-state index in [9.17, 15) is 10.1 Å².